The van der Waals surface area contributed by atoms with Gasteiger partial charge < -0.3 is 19.5 Å². The van der Waals surface area contributed by atoms with Crippen molar-refractivity contribution in [2.45, 2.75) is 6.54 Å². The zero-order valence-corrected chi connectivity index (χ0v) is 14.7. The molecule has 26 heavy (non-hydrogen) atoms. The van der Waals surface area contributed by atoms with Gasteiger partial charge in [0.2, 0.25) is 5.95 Å². The Morgan fingerprint density at radius 3 is 3.00 bits per heavy atom. The maximum absolute atomic E-state index is 12.3. The van der Waals surface area contributed by atoms with Crippen LogP contribution in [0, 0.1) is 0 Å². The van der Waals surface area contributed by atoms with Crippen molar-refractivity contribution >= 4 is 23.2 Å². The molecular formula is C17H17N5O3S. The van der Waals surface area contributed by atoms with E-state index in [1.807, 2.05) is 17.5 Å². The SMILES string of the molecule is O=C(NCc1ccnc(N2CCOCC2)n1)c1cc(-c2cccs2)on1. The van der Waals surface area contributed by atoms with Crippen LogP contribution in [-0.2, 0) is 11.3 Å². The minimum atomic E-state index is -0.303. The van der Waals surface area contributed by atoms with Gasteiger partial charge in [0, 0.05) is 25.4 Å². The number of aromatic nitrogens is 3. The van der Waals surface area contributed by atoms with Crippen LogP contribution < -0.4 is 10.2 Å². The van der Waals surface area contributed by atoms with Crippen LogP contribution in [0.1, 0.15) is 16.2 Å². The number of hydrogen-bond acceptors (Lipinski definition) is 8. The second-order valence-corrected chi connectivity index (χ2v) is 6.63. The lowest BCUT2D eigenvalue weighted by Gasteiger charge is -2.26. The van der Waals surface area contributed by atoms with Gasteiger partial charge in [-0.05, 0) is 17.5 Å². The average molecular weight is 371 g/mol. The normalized spacial score (nSPS) is 14.4. The van der Waals surface area contributed by atoms with E-state index in [9.17, 15) is 4.79 Å². The topological polar surface area (TPSA) is 93.4 Å². The molecule has 0 spiro atoms. The average Bonchev–Trinajstić information content (AvgIpc) is 3.38. The highest BCUT2D eigenvalue weighted by atomic mass is 32.1. The van der Waals surface area contributed by atoms with E-state index in [1.165, 1.54) is 11.3 Å². The highest BCUT2D eigenvalue weighted by Gasteiger charge is 2.16. The number of carbonyl (C=O) groups is 1. The molecule has 3 aromatic heterocycles. The Kier molecular flexibility index (Phi) is 4.89. The molecule has 0 aromatic carbocycles. The highest BCUT2D eigenvalue weighted by molar-refractivity contribution is 7.13. The van der Waals surface area contributed by atoms with Crippen LogP contribution in [0.15, 0.2) is 40.4 Å². The summed E-state index contributed by atoms with van der Waals surface area (Å²) in [7, 11) is 0. The Morgan fingerprint density at radius 1 is 1.31 bits per heavy atom. The van der Waals surface area contributed by atoms with E-state index in [4.69, 9.17) is 9.26 Å². The molecule has 1 amide bonds. The number of nitrogens with zero attached hydrogens (tertiary/aromatic N) is 4. The fourth-order valence-corrected chi connectivity index (χ4v) is 3.25. The Hall–Kier alpha value is -2.78. The second kappa shape index (κ2) is 7.63. The maximum Gasteiger partial charge on any atom is 0.273 e. The third-order valence-corrected chi connectivity index (χ3v) is 4.82. The van der Waals surface area contributed by atoms with Gasteiger partial charge in [-0.2, -0.15) is 0 Å². The Morgan fingerprint density at radius 2 is 2.19 bits per heavy atom. The molecule has 1 aliphatic rings. The fraction of sp³-hybridized carbons (Fsp3) is 0.294. The van der Waals surface area contributed by atoms with Crippen LogP contribution in [0.2, 0.25) is 0 Å². The van der Waals surface area contributed by atoms with Gasteiger partial charge in [0.25, 0.3) is 5.91 Å². The summed E-state index contributed by atoms with van der Waals surface area (Å²) < 4.78 is 10.6. The van der Waals surface area contributed by atoms with Crippen LogP contribution in [0.25, 0.3) is 10.6 Å². The van der Waals surface area contributed by atoms with Crippen molar-refractivity contribution in [2.24, 2.45) is 0 Å². The standard InChI is InChI=1S/C17H17N5O3S/c23-16(13-10-14(25-21-13)15-2-1-9-26-15)19-11-12-3-4-18-17(20-12)22-5-7-24-8-6-22/h1-4,9-10H,5-8,11H2,(H,19,23). The lowest BCUT2D eigenvalue weighted by molar-refractivity contribution is 0.0941. The lowest BCUT2D eigenvalue weighted by atomic mass is 10.3. The first kappa shape index (κ1) is 16.7. The molecule has 3 aromatic rings. The summed E-state index contributed by atoms with van der Waals surface area (Å²) in [6.07, 6.45) is 1.70. The van der Waals surface area contributed by atoms with Crippen molar-refractivity contribution in [1.82, 2.24) is 20.4 Å². The minimum Gasteiger partial charge on any atom is -0.378 e. The molecule has 1 saturated heterocycles. The third kappa shape index (κ3) is 3.73. The minimum absolute atomic E-state index is 0.246. The van der Waals surface area contributed by atoms with Crippen molar-refractivity contribution in [3.8, 4) is 10.6 Å². The third-order valence-electron chi connectivity index (χ3n) is 3.93. The van der Waals surface area contributed by atoms with Crippen LogP contribution in [0.5, 0.6) is 0 Å². The predicted molar refractivity (Wildman–Crippen MR) is 96.1 cm³/mol. The Labute approximate surface area is 153 Å². The number of thiophene rings is 1. The summed E-state index contributed by atoms with van der Waals surface area (Å²) in [5.41, 5.74) is 0.979. The molecule has 0 radical (unpaired) electrons. The van der Waals surface area contributed by atoms with Gasteiger partial charge in [-0.3, -0.25) is 4.79 Å². The van der Waals surface area contributed by atoms with E-state index in [0.717, 1.165) is 23.7 Å². The molecule has 9 heteroatoms. The molecule has 4 heterocycles. The molecule has 0 aliphatic carbocycles. The zero-order chi connectivity index (χ0) is 17.8. The first-order chi connectivity index (χ1) is 12.8. The second-order valence-electron chi connectivity index (χ2n) is 5.68. The van der Waals surface area contributed by atoms with Crippen molar-refractivity contribution in [1.29, 1.82) is 0 Å². The molecule has 0 saturated carbocycles. The van der Waals surface area contributed by atoms with E-state index >= 15 is 0 Å². The van der Waals surface area contributed by atoms with Crippen LogP contribution >= 0.6 is 11.3 Å². The van der Waals surface area contributed by atoms with E-state index in [2.05, 4.69) is 25.3 Å². The Balaban J connectivity index is 1.38. The summed E-state index contributed by atoms with van der Waals surface area (Å²) in [5, 5.41) is 8.60. The quantitative estimate of drug-likeness (QED) is 0.733. The van der Waals surface area contributed by atoms with E-state index in [0.29, 0.717) is 31.5 Å². The van der Waals surface area contributed by atoms with Gasteiger partial charge >= 0.3 is 0 Å². The first-order valence-corrected chi connectivity index (χ1v) is 9.11. The number of carbonyl (C=O) groups excluding carboxylic acids is 1. The predicted octanol–water partition coefficient (Wildman–Crippen LogP) is 1.96. The molecule has 4 rings (SSSR count). The molecule has 1 aliphatic heterocycles. The smallest absolute Gasteiger partial charge is 0.273 e. The molecule has 0 unspecified atom stereocenters. The van der Waals surface area contributed by atoms with Gasteiger partial charge in [-0.15, -0.1) is 11.3 Å². The molecule has 1 N–H and O–H groups in total. The van der Waals surface area contributed by atoms with Gasteiger partial charge in [0.1, 0.15) is 0 Å². The summed E-state index contributed by atoms with van der Waals surface area (Å²) in [5.74, 6) is 0.936. The highest BCUT2D eigenvalue weighted by Crippen LogP contribution is 2.25. The number of rotatable bonds is 5. The molecule has 8 nitrogen and oxygen atoms in total. The summed E-state index contributed by atoms with van der Waals surface area (Å²) in [4.78, 5) is 24.1. The van der Waals surface area contributed by atoms with Crippen LogP contribution in [0.3, 0.4) is 0 Å². The van der Waals surface area contributed by atoms with E-state index < -0.39 is 0 Å². The maximum atomic E-state index is 12.3. The number of amides is 1. The largest absolute Gasteiger partial charge is 0.378 e. The Bertz CT molecular complexity index is 874. The van der Waals surface area contributed by atoms with E-state index in [-0.39, 0.29) is 11.6 Å². The van der Waals surface area contributed by atoms with Gasteiger partial charge in [-0.25, -0.2) is 9.97 Å². The number of morpholine rings is 1. The number of nitrogens with one attached hydrogen (secondary N) is 1. The molecule has 1 fully saturated rings. The monoisotopic (exact) mass is 371 g/mol. The van der Waals surface area contributed by atoms with Crippen molar-refractivity contribution in [3.05, 3.63) is 47.2 Å². The van der Waals surface area contributed by atoms with Gasteiger partial charge in [0.05, 0.1) is 30.3 Å². The number of hydrogen-bond donors (Lipinski definition) is 1. The number of anilines is 1. The van der Waals surface area contributed by atoms with E-state index in [1.54, 1.807) is 18.3 Å². The molecular weight excluding hydrogens is 354 g/mol. The first-order valence-electron chi connectivity index (χ1n) is 8.23. The van der Waals surface area contributed by atoms with Crippen molar-refractivity contribution < 1.29 is 14.1 Å². The number of ether oxygens (including phenoxy) is 1. The zero-order valence-electron chi connectivity index (χ0n) is 13.9. The van der Waals surface area contributed by atoms with Crippen LogP contribution in [0.4, 0.5) is 5.95 Å². The molecule has 134 valence electrons. The van der Waals surface area contributed by atoms with Crippen molar-refractivity contribution in [3.63, 3.8) is 0 Å². The summed E-state index contributed by atoms with van der Waals surface area (Å²) >= 11 is 1.53. The van der Waals surface area contributed by atoms with Gasteiger partial charge in [0.15, 0.2) is 11.5 Å². The summed E-state index contributed by atoms with van der Waals surface area (Å²) in [6, 6.07) is 7.26. The lowest BCUT2D eigenvalue weighted by Crippen LogP contribution is -2.37. The fourth-order valence-electron chi connectivity index (χ4n) is 2.58. The summed E-state index contributed by atoms with van der Waals surface area (Å²) in [6.45, 7) is 3.16. The molecule has 0 bridgehead atoms. The van der Waals surface area contributed by atoms with Crippen LogP contribution in [-0.4, -0.2) is 47.3 Å². The molecule has 0 atom stereocenters. The van der Waals surface area contributed by atoms with Crippen molar-refractivity contribution in [2.75, 3.05) is 31.2 Å². The van der Waals surface area contributed by atoms with Gasteiger partial charge in [-0.1, -0.05) is 11.2 Å².